The molecule has 1 rings (SSSR count). The highest BCUT2D eigenvalue weighted by atomic mass is 31.1. The van der Waals surface area contributed by atoms with Gasteiger partial charge in [0.25, 0.3) is 0 Å². The average molecular weight is 193 g/mol. The summed E-state index contributed by atoms with van der Waals surface area (Å²) < 4.78 is 46.6. The molecule has 0 aliphatic heterocycles. The monoisotopic (exact) mass is 193 g/mol. The van der Waals surface area contributed by atoms with Crippen LogP contribution in [0.25, 0.3) is 0 Å². The van der Waals surface area contributed by atoms with Crippen molar-refractivity contribution in [3.05, 3.63) is 29.8 Å². The van der Waals surface area contributed by atoms with Crippen LogP contribution < -0.4 is 5.30 Å². The Labute approximate surface area is 68.4 Å². The zero-order valence-corrected chi connectivity index (χ0v) is 6.85. The lowest BCUT2D eigenvalue weighted by Gasteiger charge is -2.03. The minimum atomic E-state index is -4.41. The van der Waals surface area contributed by atoms with E-state index in [1.54, 1.807) is 0 Å². The molecule has 1 unspecified atom stereocenters. The summed E-state index contributed by atoms with van der Waals surface area (Å²) in [4.78, 5) is 0. The van der Waals surface area contributed by atoms with Crippen molar-refractivity contribution in [2.24, 2.45) is 0 Å². The summed E-state index contributed by atoms with van der Waals surface area (Å²) in [6.07, 6.45) is -4.41. The van der Waals surface area contributed by atoms with Gasteiger partial charge in [-0.1, -0.05) is 16.7 Å². The fraction of sp³-hybridized carbons (Fsp3) is 0.143. The molecule has 0 radical (unpaired) electrons. The summed E-state index contributed by atoms with van der Waals surface area (Å²) in [5.74, 6) is 0. The van der Waals surface area contributed by atoms with Crippen molar-refractivity contribution in [2.45, 2.75) is 6.18 Å². The van der Waals surface area contributed by atoms with Crippen LogP contribution in [0.1, 0.15) is 5.56 Å². The highest BCUT2D eigenvalue weighted by Gasteiger charge is 2.35. The first-order valence-corrected chi connectivity index (χ1v) is 4.01. The van der Waals surface area contributed by atoms with Crippen molar-refractivity contribution in [3.8, 4) is 0 Å². The molecule has 1 nitrogen and oxygen atoms in total. The third kappa shape index (κ3) is 1.83. The highest BCUT2D eigenvalue weighted by molar-refractivity contribution is 7.34. The summed E-state index contributed by atoms with van der Waals surface area (Å²) in [6.45, 7) is 0. The predicted octanol–water partition coefficient (Wildman–Crippen LogP) is 2.35. The third-order valence-corrected chi connectivity index (χ3v) is 2.00. The van der Waals surface area contributed by atoms with E-state index in [1.165, 1.54) is 18.2 Å². The zero-order chi connectivity index (χ0) is 9.19. The van der Waals surface area contributed by atoms with Gasteiger partial charge in [0.15, 0.2) is 5.30 Å². The van der Waals surface area contributed by atoms with E-state index < -0.39 is 20.2 Å². The Bertz CT molecular complexity index is 295. The van der Waals surface area contributed by atoms with Crippen LogP contribution in [-0.2, 0) is 10.7 Å². The molecule has 0 saturated carbocycles. The van der Waals surface area contributed by atoms with E-state index in [4.69, 9.17) is 0 Å². The lowest BCUT2D eigenvalue weighted by Crippen LogP contribution is -2.14. The molecule has 1 aromatic carbocycles. The van der Waals surface area contributed by atoms with E-state index in [0.717, 1.165) is 6.07 Å². The second-order valence-electron chi connectivity index (χ2n) is 2.15. The Kier molecular flexibility index (Phi) is 2.48. The standard InChI is InChI=1S/C7H4F3OP/c8-7(9,10)5-3-1-2-4-6(5)12-11/h1-4H/p+1. The number of halogens is 3. The van der Waals surface area contributed by atoms with Gasteiger partial charge in [-0.25, -0.2) is 0 Å². The molecule has 1 atom stereocenters. The van der Waals surface area contributed by atoms with Gasteiger partial charge in [-0.2, -0.15) is 13.2 Å². The molecule has 0 aliphatic carbocycles. The molecule has 1 aromatic rings. The second kappa shape index (κ2) is 3.23. The van der Waals surface area contributed by atoms with Gasteiger partial charge in [0.05, 0.1) is 0 Å². The largest absolute Gasteiger partial charge is 0.420 e. The quantitative estimate of drug-likeness (QED) is 0.625. The first-order valence-electron chi connectivity index (χ1n) is 3.10. The van der Waals surface area contributed by atoms with E-state index in [0.29, 0.717) is 0 Å². The fourth-order valence-corrected chi connectivity index (χ4v) is 1.32. The Morgan fingerprint density at radius 3 is 2.17 bits per heavy atom. The molecule has 0 aliphatic rings. The number of hydrogen-bond donors (Lipinski definition) is 0. The summed E-state index contributed by atoms with van der Waals surface area (Å²) in [6, 6.07) is 4.82. The Morgan fingerprint density at radius 2 is 1.75 bits per heavy atom. The summed E-state index contributed by atoms with van der Waals surface area (Å²) in [5.41, 5.74) is -0.821. The zero-order valence-electron chi connectivity index (χ0n) is 5.85. The van der Waals surface area contributed by atoms with Gasteiger partial charge < -0.3 is 0 Å². The SMILES string of the molecule is O=[PH+]c1ccccc1C(F)(F)F. The molecule has 0 N–H and O–H groups in total. The van der Waals surface area contributed by atoms with Gasteiger partial charge >= 0.3 is 14.6 Å². The second-order valence-corrected chi connectivity index (χ2v) is 2.89. The maximum absolute atomic E-state index is 12.1. The Hall–Kier alpha value is -0.890. The lowest BCUT2D eigenvalue weighted by atomic mass is 10.2. The predicted molar refractivity (Wildman–Crippen MR) is 40.1 cm³/mol. The van der Waals surface area contributed by atoms with Gasteiger partial charge in [0.1, 0.15) is 5.56 Å². The van der Waals surface area contributed by atoms with Crippen LogP contribution in [0.2, 0.25) is 0 Å². The van der Waals surface area contributed by atoms with Crippen molar-refractivity contribution < 1.29 is 17.7 Å². The molecule has 0 amide bonds. The van der Waals surface area contributed by atoms with E-state index in [2.05, 4.69) is 0 Å². The van der Waals surface area contributed by atoms with Crippen LogP contribution >= 0.6 is 8.46 Å². The van der Waals surface area contributed by atoms with Gasteiger partial charge in [-0.15, -0.1) is 0 Å². The van der Waals surface area contributed by atoms with Crippen LogP contribution in [0.15, 0.2) is 24.3 Å². The van der Waals surface area contributed by atoms with Crippen molar-refractivity contribution in [1.29, 1.82) is 0 Å². The number of rotatable bonds is 1. The number of alkyl halides is 3. The van der Waals surface area contributed by atoms with Gasteiger partial charge in [-0.05, 0) is 12.1 Å². The van der Waals surface area contributed by atoms with Crippen LogP contribution in [0, 0.1) is 0 Å². The van der Waals surface area contributed by atoms with E-state index in [9.17, 15) is 17.7 Å². The van der Waals surface area contributed by atoms with Crippen molar-refractivity contribution in [1.82, 2.24) is 0 Å². The first kappa shape index (κ1) is 9.20. The third-order valence-electron chi connectivity index (χ3n) is 1.34. The Balaban J connectivity index is 3.23. The molecule has 0 bridgehead atoms. The van der Waals surface area contributed by atoms with Crippen molar-refractivity contribution >= 4 is 13.8 Å². The molecule has 0 spiro atoms. The van der Waals surface area contributed by atoms with E-state index >= 15 is 0 Å². The fourth-order valence-electron chi connectivity index (χ4n) is 0.819. The minimum absolute atomic E-state index is 0.176. The van der Waals surface area contributed by atoms with Gasteiger partial charge in [-0.3, -0.25) is 0 Å². The molecule has 64 valence electrons. The molecule has 0 aromatic heterocycles. The molecule has 12 heavy (non-hydrogen) atoms. The lowest BCUT2D eigenvalue weighted by molar-refractivity contribution is -0.136. The molecular weight excluding hydrogens is 188 g/mol. The van der Waals surface area contributed by atoms with Crippen LogP contribution in [0.3, 0.4) is 0 Å². The number of hydrogen-bond acceptors (Lipinski definition) is 1. The van der Waals surface area contributed by atoms with Gasteiger partial charge in [0.2, 0.25) is 0 Å². The molecule has 0 heterocycles. The molecule has 0 saturated heterocycles. The average Bonchev–Trinajstić information content (AvgIpc) is 2.03. The molecule has 0 fully saturated rings. The smallest absolute Gasteiger partial charge is 0.166 e. The molecular formula is C7H5F3OP+. The van der Waals surface area contributed by atoms with Crippen LogP contribution in [-0.4, -0.2) is 0 Å². The summed E-state index contributed by atoms with van der Waals surface area (Å²) in [7, 11) is -1.07. The maximum Gasteiger partial charge on any atom is 0.420 e. The van der Waals surface area contributed by atoms with Crippen molar-refractivity contribution in [2.75, 3.05) is 0 Å². The summed E-state index contributed by atoms with van der Waals surface area (Å²) >= 11 is 0. The first-order chi connectivity index (χ1) is 5.55. The topological polar surface area (TPSA) is 17.1 Å². The summed E-state index contributed by atoms with van der Waals surface area (Å²) in [5, 5.41) is -0.176. The van der Waals surface area contributed by atoms with Crippen LogP contribution in [0.5, 0.6) is 0 Å². The Morgan fingerprint density at radius 1 is 1.17 bits per heavy atom. The van der Waals surface area contributed by atoms with Crippen LogP contribution in [0.4, 0.5) is 13.2 Å². The minimum Gasteiger partial charge on any atom is -0.166 e. The van der Waals surface area contributed by atoms with Gasteiger partial charge in [0, 0.05) is 0 Å². The number of benzene rings is 1. The van der Waals surface area contributed by atoms with E-state index in [-0.39, 0.29) is 5.30 Å². The molecule has 5 heteroatoms. The maximum atomic E-state index is 12.1. The van der Waals surface area contributed by atoms with Crippen molar-refractivity contribution in [3.63, 3.8) is 0 Å². The normalized spacial score (nSPS) is 11.9. The van der Waals surface area contributed by atoms with E-state index in [1.807, 2.05) is 0 Å². The highest BCUT2D eigenvalue weighted by Crippen LogP contribution is 2.28.